The molecular weight excluding hydrogens is 272 g/mol. The lowest BCUT2D eigenvalue weighted by molar-refractivity contribution is -0.145. The molecule has 21 heavy (non-hydrogen) atoms. The zero-order valence-electron chi connectivity index (χ0n) is 11.8. The summed E-state index contributed by atoms with van der Waals surface area (Å²) in [7, 11) is 0. The second-order valence-electron chi connectivity index (χ2n) is 4.07. The van der Waals surface area contributed by atoms with Crippen molar-refractivity contribution in [3.8, 4) is 0 Å². The van der Waals surface area contributed by atoms with E-state index in [9.17, 15) is 14.4 Å². The lowest BCUT2D eigenvalue weighted by Gasteiger charge is -2.10. The Kier molecular flexibility index (Phi) is 6.67. The SMILES string of the molecule is C=CCNC(=O)c1ccccc1NC(=O)CC(=O)OCC. The van der Waals surface area contributed by atoms with Gasteiger partial charge >= 0.3 is 5.97 Å². The van der Waals surface area contributed by atoms with E-state index in [1.807, 2.05) is 0 Å². The molecular formula is C15H18N2O4. The molecule has 0 bridgehead atoms. The normalized spacial score (nSPS) is 9.57. The van der Waals surface area contributed by atoms with Crippen LogP contribution < -0.4 is 10.6 Å². The summed E-state index contributed by atoms with van der Waals surface area (Å²) in [6, 6.07) is 6.54. The van der Waals surface area contributed by atoms with Crippen LogP contribution in [0.25, 0.3) is 0 Å². The molecule has 0 spiro atoms. The molecule has 0 aliphatic carbocycles. The van der Waals surface area contributed by atoms with E-state index in [0.717, 1.165) is 0 Å². The fourth-order valence-electron chi connectivity index (χ4n) is 1.59. The molecule has 0 saturated heterocycles. The maximum absolute atomic E-state index is 11.9. The van der Waals surface area contributed by atoms with Crippen molar-refractivity contribution in [2.45, 2.75) is 13.3 Å². The molecule has 6 nitrogen and oxygen atoms in total. The number of hydrogen-bond acceptors (Lipinski definition) is 4. The average molecular weight is 290 g/mol. The van der Waals surface area contributed by atoms with E-state index in [4.69, 9.17) is 4.74 Å². The number of nitrogens with one attached hydrogen (secondary N) is 2. The minimum absolute atomic E-state index is 0.215. The number of rotatable bonds is 7. The van der Waals surface area contributed by atoms with Crippen LogP contribution >= 0.6 is 0 Å². The molecule has 0 radical (unpaired) electrons. The van der Waals surface area contributed by atoms with Crippen LogP contribution in [0.5, 0.6) is 0 Å². The summed E-state index contributed by atoms with van der Waals surface area (Å²) in [5, 5.41) is 5.15. The van der Waals surface area contributed by atoms with Crippen molar-refractivity contribution in [1.29, 1.82) is 0 Å². The van der Waals surface area contributed by atoms with E-state index in [-0.39, 0.29) is 12.5 Å². The molecule has 0 atom stereocenters. The van der Waals surface area contributed by atoms with Gasteiger partial charge in [-0.2, -0.15) is 0 Å². The van der Waals surface area contributed by atoms with Crippen LogP contribution in [-0.2, 0) is 14.3 Å². The number of para-hydroxylation sites is 1. The third-order valence-corrected chi connectivity index (χ3v) is 2.46. The number of carbonyl (C=O) groups excluding carboxylic acids is 3. The number of ether oxygens (including phenoxy) is 1. The summed E-state index contributed by atoms with van der Waals surface area (Å²) in [5.41, 5.74) is 0.657. The quantitative estimate of drug-likeness (QED) is 0.453. The highest BCUT2D eigenvalue weighted by atomic mass is 16.5. The highest BCUT2D eigenvalue weighted by Crippen LogP contribution is 2.15. The smallest absolute Gasteiger partial charge is 0.315 e. The molecule has 1 aromatic rings. The lowest BCUT2D eigenvalue weighted by Crippen LogP contribution is -2.25. The maximum Gasteiger partial charge on any atom is 0.315 e. The van der Waals surface area contributed by atoms with Crippen molar-refractivity contribution in [2.24, 2.45) is 0 Å². The van der Waals surface area contributed by atoms with E-state index in [0.29, 0.717) is 17.8 Å². The van der Waals surface area contributed by atoms with E-state index >= 15 is 0 Å². The Labute approximate surface area is 123 Å². The second kappa shape index (κ2) is 8.52. The largest absolute Gasteiger partial charge is 0.466 e. The summed E-state index contributed by atoms with van der Waals surface area (Å²) < 4.78 is 4.69. The molecule has 0 aliphatic rings. The number of hydrogen-bond donors (Lipinski definition) is 2. The number of amides is 2. The molecule has 2 amide bonds. The van der Waals surface area contributed by atoms with Gasteiger partial charge in [-0.3, -0.25) is 14.4 Å². The van der Waals surface area contributed by atoms with Crippen molar-refractivity contribution in [3.05, 3.63) is 42.5 Å². The molecule has 1 aromatic carbocycles. The zero-order chi connectivity index (χ0) is 15.7. The standard InChI is InChI=1S/C15H18N2O4/c1-3-9-16-15(20)11-7-5-6-8-12(11)17-13(18)10-14(19)21-4-2/h3,5-8H,1,4,9-10H2,2H3,(H,16,20)(H,17,18). The molecule has 0 fully saturated rings. The number of carbonyl (C=O) groups is 3. The summed E-state index contributed by atoms with van der Waals surface area (Å²) in [6.07, 6.45) is 1.16. The molecule has 6 heteroatoms. The molecule has 112 valence electrons. The fraction of sp³-hybridized carbons (Fsp3) is 0.267. The first-order valence-electron chi connectivity index (χ1n) is 6.52. The van der Waals surface area contributed by atoms with Gasteiger partial charge in [-0.1, -0.05) is 18.2 Å². The van der Waals surface area contributed by atoms with Gasteiger partial charge in [0.1, 0.15) is 6.42 Å². The van der Waals surface area contributed by atoms with Gasteiger partial charge in [-0.15, -0.1) is 6.58 Å². The zero-order valence-corrected chi connectivity index (χ0v) is 11.8. The second-order valence-corrected chi connectivity index (χ2v) is 4.07. The Morgan fingerprint density at radius 1 is 1.29 bits per heavy atom. The van der Waals surface area contributed by atoms with Crippen LogP contribution in [0, 0.1) is 0 Å². The van der Waals surface area contributed by atoms with Gasteiger partial charge in [0.15, 0.2) is 0 Å². The first-order valence-corrected chi connectivity index (χ1v) is 6.52. The molecule has 1 rings (SSSR count). The maximum atomic E-state index is 11.9. The van der Waals surface area contributed by atoms with Gasteiger partial charge in [0.2, 0.25) is 5.91 Å². The van der Waals surface area contributed by atoms with Gasteiger partial charge in [-0.25, -0.2) is 0 Å². The van der Waals surface area contributed by atoms with Crippen molar-refractivity contribution in [1.82, 2.24) is 5.32 Å². The van der Waals surface area contributed by atoms with Crippen LogP contribution in [0.2, 0.25) is 0 Å². The number of esters is 1. The Bertz CT molecular complexity index is 540. The molecule has 0 saturated carbocycles. The minimum Gasteiger partial charge on any atom is -0.466 e. The van der Waals surface area contributed by atoms with Gasteiger partial charge < -0.3 is 15.4 Å². The first kappa shape index (κ1) is 16.4. The third-order valence-electron chi connectivity index (χ3n) is 2.46. The van der Waals surface area contributed by atoms with Crippen molar-refractivity contribution in [3.63, 3.8) is 0 Å². The van der Waals surface area contributed by atoms with Gasteiger partial charge in [0, 0.05) is 6.54 Å². The van der Waals surface area contributed by atoms with Crippen LogP contribution in [0.15, 0.2) is 36.9 Å². The van der Waals surface area contributed by atoms with E-state index in [1.165, 1.54) is 0 Å². The predicted octanol–water partition coefficient (Wildman–Crippen LogP) is 1.49. The molecule has 0 heterocycles. The van der Waals surface area contributed by atoms with E-state index < -0.39 is 18.3 Å². The van der Waals surface area contributed by atoms with E-state index in [2.05, 4.69) is 17.2 Å². The molecule has 0 aliphatic heterocycles. The van der Waals surface area contributed by atoms with Crippen LogP contribution in [0.1, 0.15) is 23.7 Å². The Balaban J connectivity index is 2.74. The summed E-state index contributed by atoms with van der Waals surface area (Å²) in [4.78, 5) is 34.9. The molecule has 0 aromatic heterocycles. The predicted molar refractivity (Wildman–Crippen MR) is 78.9 cm³/mol. The summed E-state index contributed by atoms with van der Waals surface area (Å²) in [6.45, 7) is 5.71. The first-order chi connectivity index (χ1) is 10.1. The molecule has 0 unspecified atom stereocenters. The minimum atomic E-state index is -0.608. The van der Waals surface area contributed by atoms with Crippen LogP contribution in [-0.4, -0.2) is 30.9 Å². The van der Waals surface area contributed by atoms with Gasteiger partial charge in [-0.05, 0) is 19.1 Å². The molecule has 2 N–H and O–H groups in total. The Morgan fingerprint density at radius 2 is 2.00 bits per heavy atom. The topological polar surface area (TPSA) is 84.5 Å². The highest BCUT2D eigenvalue weighted by Gasteiger charge is 2.15. The van der Waals surface area contributed by atoms with Crippen LogP contribution in [0.4, 0.5) is 5.69 Å². The van der Waals surface area contributed by atoms with Gasteiger partial charge in [0.05, 0.1) is 17.9 Å². The summed E-state index contributed by atoms with van der Waals surface area (Å²) in [5.74, 6) is -1.47. The highest BCUT2D eigenvalue weighted by molar-refractivity contribution is 6.07. The number of anilines is 1. The van der Waals surface area contributed by atoms with Crippen molar-refractivity contribution < 1.29 is 19.1 Å². The lowest BCUT2D eigenvalue weighted by atomic mass is 10.1. The fourth-order valence-corrected chi connectivity index (χ4v) is 1.59. The van der Waals surface area contributed by atoms with Crippen molar-refractivity contribution >= 4 is 23.5 Å². The Hall–Kier alpha value is -2.63. The average Bonchev–Trinajstić information content (AvgIpc) is 2.45. The van der Waals surface area contributed by atoms with Crippen LogP contribution in [0.3, 0.4) is 0 Å². The third kappa shape index (κ3) is 5.48. The summed E-state index contributed by atoms with van der Waals surface area (Å²) >= 11 is 0. The van der Waals surface area contributed by atoms with E-state index in [1.54, 1.807) is 37.3 Å². The Morgan fingerprint density at radius 3 is 2.67 bits per heavy atom. The monoisotopic (exact) mass is 290 g/mol. The van der Waals surface area contributed by atoms with Gasteiger partial charge in [0.25, 0.3) is 5.91 Å². The number of benzene rings is 1. The van der Waals surface area contributed by atoms with Crippen molar-refractivity contribution in [2.75, 3.05) is 18.5 Å².